The predicted octanol–water partition coefficient (Wildman–Crippen LogP) is 2.12. The lowest BCUT2D eigenvalue weighted by atomic mass is 10.0. The van der Waals surface area contributed by atoms with Gasteiger partial charge in [0.2, 0.25) is 0 Å². The van der Waals surface area contributed by atoms with Gasteiger partial charge in [0.1, 0.15) is 5.75 Å². The van der Waals surface area contributed by atoms with Gasteiger partial charge in [-0.25, -0.2) is 0 Å². The number of aliphatic hydroxyl groups excluding tert-OH is 1. The Kier molecular flexibility index (Phi) is 5.41. The van der Waals surface area contributed by atoms with Gasteiger partial charge >= 0.3 is 0 Å². The summed E-state index contributed by atoms with van der Waals surface area (Å²) in [6.07, 6.45) is 0.760. The van der Waals surface area contributed by atoms with Crippen LogP contribution in [0.5, 0.6) is 5.75 Å². The van der Waals surface area contributed by atoms with E-state index in [1.807, 2.05) is 0 Å². The highest BCUT2D eigenvalue weighted by molar-refractivity contribution is 5.87. The molecule has 140 valence electrons. The molecule has 5 nitrogen and oxygen atoms in total. The number of hydrogen-bond acceptors (Lipinski definition) is 5. The third-order valence-corrected chi connectivity index (χ3v) is 5.71. The molecular formula is C21H28N2O3. The molecule has 0 saturated carbocycles. The molecule has 0 radical (unpaired) electrons. The molecule has 26 heavy (non-hydrogen) atoms. The molecule has 2 atom stereocenters. The zero-order chi connectivity index (χ0) is 17.9. The number of benzene rings is 2. The predicted molar refractivity (Wildman–Crippen MR) is 103 cm³/mol. The first-order valence-electron chi connectivity index (χ1n) is 9.53. The van der Waals surface area contributed by atoms with Gasteiger partial charge in [-0.05, 0) is 36.3 Å². The zero-order valence-corrected chi connectivity index (χ0v) is 15.4. The Balaban J connectivity index is 1.50. The van der Waals surface area contributed by atoms with Crippen molar-refractivity contribution in [3.8, 4) is 5.75 Å². The zero-order valence-electron chi connectivity index (χ0n) is 15.4. The lowest BCUT2D eigenvalue weighted by Crippen LogP contribution is -2.44. The summed E-state index contributed by atoms with van der Waals surface area (Å²) in [6, 6.07) is 12.9. The van der Waals surface area contributed by atoms with Crippen molar-refractivity contribution in [1.29, 1.82) is 0 Å². The Bertz CT molecular complexity index is 751. The van der Waals surface area contributed by atoms with E-state index in [0.29, 0.717) is 13.2 Å². The normalized spacial score (nSPS) is 25.5. The summed E-state index contributed by atoms with van der Waals surface area (Å²) < 4.78 is 11.1. The molecule has 0 amide bonds. The summed E-state index contributed by atoms with van der Waals surface area (Å²) in [5.41, 5.74) is 1.27. The quantitative estimate of drug-likeness (QED) is 0.909. The third-order valence-electron chi connectivity index (χ3n) is 5.71. The van der Waals surface area contributed by atoms with Gasteiger partial charge in [0.15, 0.2) is 0 Å². The average Bonchev–Trinajstić information content (AvgIpc) is 2.96. The number of rotatable bonds is 4. The van der Waals surface area contributed by atoms with Gasteiger partial charge in [-0.2, -0.15) is 0 Å². The van der Waals surface area contributed by atoms with Crippen LogP contribution in [0.15, 0.2) is 36.4 Å². The molecular weight excluding hydrogens is 328 g/mol. The number of aliphatic hydroxyl groups is 1. The van der Waals surface area contributed by atoms with E-state index in [0.717, 1.165) is 44.9 Å². The highest BCUT2D eigenvalue weighted by Crippen LogP contribution is 2.29. The molecule has 0 bridgehead atoms. The molecule has 2 aromatic carbocycles. The molecule has 0 unspecified atom stereocenters. The molecule has 2 heterocycles. The second-order valence-electron chi connectivity index (χ2n) is 7.31. The van der Waals surface area contributed by atoms with Crippen molar-refractivity contribution in [3.05, 3.63) is 42.0 Å². The lowest BCUT2D eigenvalue weighted by Gasteiger charge is -2.28. The molecule has 0 aromatic heterocycles. The highest BCUT2D eigenvalue weighted by atomic mass is 16.5. The minimum Gasteiger partial charge on any atom is -0.496 e. The minimum absolute atomic E-state index is 0.155. The number of fused-ring (bicyclic) bond motifs is 1. The Morgan fingerprint density at radius 3 is 2.77 bits per heavy atom. The van der Waals surface area contributed by atoms with Gasteiger partial charge in [-0.15, -0.1) is 0 Å². The van der Waals surface area contributed by atoms with Crippen LogP contribution in [-0.2, 0) is 11.3 Å². The maximum Gasteiger partial charge on any atom is 0.123 e. The van der Waals surface area contributed by atoms with Crippen molar-refractivity contribution in [2.45, 2.75) is 25.1 Å². The van der Waals surface area contributed by atoms with Crippen LogP contribution in [0, 0.1) is 0 Å². The number of nitrogens with zero attached hydrogens (tertiary/aromatic N) is 2. The van der Waals surface area contributed by atoms with E-state index >= 15 is 0 Å². The first-order valence-corrected chi connectivity index (χ1v) is 9.53. The minimum atomic E-state index is -0.347. The van der Waals surface area contributed by atoms with Crippen molar-refractivity contribution in [2.75, 3.05) is 46.5 Å². The topological polar surface area (TPSA) is 45.2 Å². The maximum atomic E-state index is 10.1. The maximum absolute atomic E-state index is 10.1. The number of ether oxygens (including phenoxy) is 2. The largest absolute Gasteiger partial charge is 0.496 e. The summed E-state index contributed by atoms with van der Waals surface area (Å²) in [5, 5.41) is 12.7. The smallest absolute Gasteiger partial charge is 0.123 e. The van der Waals surface area contributed by atoms with Crippen LogP contribution in [0.25, 0.3) is 10.8 Å². The molecule has 0 aliphatic carbocycles. The van der Waals surface area contributed by atoms with Crippen molar-refractivity contribution >= 4 is 10.8 Å². The molecule has 2 fully saturated rings. The molecule has 2 saturated heterocycles. The lowest BCUT2D eigenvalue weighted by molar-refractivity contribution is 0.0837. The molecule has 5 heteroatoms. The van der Waals surface area contributed by atoms with E-state index in [1.165, 1.54) is 16.3 Å². The van der Waals surface area contributed by atoms with E-state index in [2.05, 4.69) is 46.2 Å². The highest BCUT2D eigenvalue weighted by Gasteiger charge is 2.32. The number of hydrogen-bond donors (Lipinski definition) is 1. The summed E-state index contributed by atoms with van der Waals surface area (Å²) in [5.74, 6) is 0.962. The van der Waals surface area contributed by atoms with Gasteiger partial charge < -0.3 is 14.6 Å². The summed E-state index contributed by atoms with van der Waals surface area (Å²) >= 11 is 0. The first kappa shape index (κ1) is 17.7. The second kappa shape index (κ2) is 7.92. The van der Waals surface area contributed by atoms with Crippen LogP contribution >= 0.6 is 0 Å². The van der Waals surface area contributed by atoms with Gasteiger partial charge in [0, 0.05) is 25.2 Å². The summed E-state index contributed by atoms with van der Waals surface area (Å²) in [4.78, 5) is 4.91. The van der Waals surface area contributed by atoms with Crippen LogP contribution in [0.3, 0.4) is 0 Å². The van der Waals surface area contributed by atoms with Crippen LogP contribution < -0.4 is 4.74 Å². The average molecular weight is 356 g/mol. The molecule has 2 aliphatic heterocycles. The van der Waals surface area contributed by atoms with Crippen LogP contribution in [-0.4, -0.2) is 73.6 Å². The molecule has 4 rings (SSSR count). The molecule has 0 spiro atoms. The fourth-order valence-corrected chi connectivity index (χ4v) is 4.25. The van der Waals surface area contributed by atoms with Crippen molar-refractivity contribution < 1.29 is 14.6 Å². The molecule has 2 aromatic rings. The summed E-state index contributed by atoms with van der Waals surface area (Å²) in [7, 11) is 1.75. The molecule has 1 N–H and O–H groups in total. The van der Waals surface area contributed by atoms with Gasteiger partial charge in [-0.3, -0.25) is 9.80 Å². The second-order valence-corrected chi connectivity index (χ2v) is 7.31. The van der Waals surface area contributed by atoms with Crippen molar-refractivity contribution in [1.82, 2.24) is 9.80 Å². The van der Waals surface area contributed by atoms with E-state index in [-0.39, 0.29) is 12.1 Å². The Morgan fingerprint density at radius 1 is 1.08 bits per heavy atom. The monoisotopic (exact) mass is 356 g/mol. The van der Waals surface area contributed by atoms with Gasteiger partial charge in [0.05, 0.1) is 32.5 Å². The Labute approximate surface area is 155 Å². The standard InChI is InChI=1S/C21H28N2O3/c1-25-21-8-7-16-5-2-3-6-17(16)18(21)13-22-9-4-10-23(12-11-22)19-14-26-15-20(19)24/h2-3,5-8,19-20,24H,4,9-15H2,1H3/t19-,20-/m1/s1. The van der Waals surface area contributed by atoms with Gasteiger partial charge in [-0.1, -0.05) is 30.3 Å². The van der Waals surface area contributed by atoms with Crippen molar-refractivity contribution in [3.63, 3.8) is 0 Å². The van der Waals surface area contributed by atoms with E-state index in [4.69, 9.17) is 9.47 Å². The fraction of sp³-hybridized carbons (Fsp3) is 0.524. The van der Waals surface area contributed by atoms with E-state index < -0.39 is 0 Å². The SMILES string of the molecule is COc1ccc2ccccc2c1CN1CCCN([C@@H]2COC[C@H]2O)CC1. The Hall–Kier alpha value is -1.66. The number of methoxy groups -OCH3 is 1. The van der Waals surface area contributed by atoms with Crippen LogP contribution in [0.4, 0.5) is 0 Å². The van der Waals surface area contributed by atoms with Crippen LogP contribution in [0.1, 0.15) is 12.0 Å². The summed E-state index contributed by atoms with van der Waals surface area (Å²) in [6.45, 7) is 6.06. The van der Waals surface area contributed by atoms with E-state index in [9.17, 15) is 5.11 Å². The van der Waals surface area contributed by atoms with Crippen molar-refractivity contribution in [2.24, 2.45) is 0 Å². The third kappa shape index (κ3) is 3.58. The first-order chi connectivity index (χ1) is 12.8. The molecule has 2 aliphatic rings. The van der Waals surface area contributed by atoms with E-state index in [1.54, 1.807) is 7.11 Å². The van der Waals surface area contributed by atoms with Crippen LogP contribution in [0.2, 0.25) is 0 Å². The fourth-order valence-electron chi connectivity index (χ4n) is 4.25. The van der Waals surface area contributed by atoms with Gasteiger partial charge in [0.25, 0.3) is 0 Å². The Morgan fingerprint density at radius 2 is 1.96 bits per heavy atom.